The van der Waals surface area contributed by atoms with Gasteiger partial charge in [0.1, 0.15) is 0 Å². The van der Waals surface area contributed by atoms with Gasteiger partial charge in [-0.15, -0.1) is 0 Å². The second-order valence-corrected chi connectivity index (χ2v) is 8.16. The van der Waals surface area contributed by atoms with Crippen LogP contribution in [0.1, 0.15) is 19.8 Å². The van der Waals surface area contributed by atoms with Gasteiger partial charge in [-0.25, -0.2) is 0 Å². The number of allylic oxidation sites excluding steroid dienone is 2. The minimum atomic E-state index is 0.0312. The number of hydrogen-bond donors (Lipinski definition) is 0. The van der Waals surface area contributed by atoms with Crippen molar-refractivity contribution in [2.75, 3.05) is 11.4 Å². The average molecular weight is 444 g/mol. The SMILES string of the molecule is CCCCN(C1=NC2C([O][GaH])=CC=CC2C=C1)c1ccc2cccc3c2[n+]1CO3. The van der Waals surface area contributed by atoms with Crippen molar-refractivity contribution in [3.05, 3.63) is 66.5 Å². The third-order valence-corrected chi connectivity index (χ3v) is 6.48. The van der Waals surface area contributed by atoms with E-state index in [9.17, 15) is 0 Å². The Balaban J connectivity index is 1.59. The van der Waals surface area contributed by atoms with Gasteiger partial charge in [0.05, 0.1) is 0 Å². The molecule has 0 saturated carbocycles. The van der Waals surface area contributed by atoms with Gasteiger partial charge in [-0.05, 0) is 0 Å². The first-order valence-corrected chi connectivity index (χ1v) is 11.4. The van der Waals surface area contributed by atoms with E-state index in [1.54, 1.807) is 0 Å². The number of unbranched alkanes of at least 4 members (excludes halogenated alkanes) is 1. The summed E-state index contributed by atoms with van der Waals surface area (Å²) in [6, 6.07) is 10.6. The van der Waals surface area contributed by atoms with Crippen molar-refractivity contribution in [2.24, 2.45) is 10.9 Å². The molecule has 5 nitrogen and oxygen atoms in total. The van der Waals surface area contributed by atoms with Crippen molar-refractivity contribution < 1.29 is 12.8 Å². The zero-order chi connectivity index (χ0) is 19.8. The van der Waals surface area contributed by atoms with Gasteiger partial charge in [-0.1, -0.05) is 0 Å². The van der Waals surface area contributed by atoms with Crippen molar-refractivity contribution in [2.45, 2.75) is 32.5 Å². The zero-order valence-corrected chi connectivity index (χ0v) is 19.6. The van der Waals surface area contributed by atoms with Crippen molar-refractivity contribution in [1.82, 2.24) is 0 Å². The Hall–Kier alpha value is -2.44. The van der Waals surface area contributed by atoms with E-state index in [-0.39, 0.29) is 12.0 Å². The van der Waals surface area contributed by atoms with Gasteiger partial charge in [-0.3, -0.25) is 0 Å². The molecule has 0 saturated heterocycles. The van der Waals surface area contributed by atoms with Crippen LogP contribution in [0.2, 0.25) is 0 Å². The molecule has 1 aromatic carbocycles. The number of benzene rings is 1. The molecule has 3 aliphatic rings. The molecular formula is C23H24GaN3O2+. The summed E-state index contributed by atoms with van der Waals surface area (Å²) in [5.74, 6) is 4.31. The number of amidine groups is 1. The Morgan fingerprint density at radius 1 is 1.28 bits per heavy atom. The second-order valence-electron chi connectivity index (χ2n) is 7.56. The zero-order valence-electron chi connectivity index (χ0n) is 16.6. The quantitative estimate of drug-likeness (QED) is 0.525. The summed E-state index contributed by atoms with van der Waals surface area (Å²) in [6.45, 7) is 3.68. The number of rotatable bonds is 5. The summed E-state index contributed by atoms with van der Waals surface area (Å²) < 4.78 is 14.0. The topological polar surface area (TPSA) is 37.9 Å². The number of dihydropyridines is 1. The molecule has 1 aromatic heterocycles. The number of pyridine rings is 1. The van der Waals surface area contributed by atoms with Crippen molar-refractivity contribution in [3.8, 4) is 5.75 Å². The summed E-state index contributed by atoms with van der Waals surface area (Å²) in [4.78, 5) is 7.47. The Bertz CT molecular complexity index is 1070. The van der Waals surface area contributed by atoms with Crippen LogP contribution >= 0.6 is 0 Å². The van der Waals surface area contributed by atoms with Crippen LogP contribution in [0.3, 0.4) is 0 Å². The van der Waals surface area contributed by atoms with Gasteiger partial charge < -0.3 is 0 Å². The predicted molar refractivity (Wildman–Crippen MR) is 116 cm³/mol. The van der Waals surface area contributed by atoms with Crippen LogP contribution in [0.5, 0.6) is 5.75 Å². The van der Waals surface area contributed by atoms with Crippen molar-refractivity contribution in [1.29, 1.82) is 0 Å². The van der Waals surface area contributed by atoms with Gasteiger partial charge in [0, 0.05) is 0 Å². The molecule has 3 heterocycles. The summed E-state index contributed by atoms with van der Waals surface area (Å²) in [5, 5.41) is 1.20. The fourth-order valence-corrected chi connectivity index (χ4v) is 4.84. The molecule has 0 N–H and O–H groups in total. The van der Waals surface area contributed by atoms with Gasteiger partial charge >= 0.3 is 181 Å². The number of hydrogen-bond acceptors (Lipinski definition) is 4. The molecule has 2 aliphatic heterocycles. The number of anilines is 1. The molecule has 0 amide bonds. The van der Waals surface area contributed by atoms with E-state index in [0.29, 0.717) is 6.73 Å². The van der Waals surface area contributed by atoms with Crippen LogP contribution < -0.4 is 14.2 Å². The molecule has 0 spiro atoms. The fraction of sp³-hybridized carbons (Fsp3) is 0.304. The van der Waals surface area contributed by atoms with E-state index in [2.05, 4.69) is 58.9 Å². The molecular weight excluding hydrogens is 420 g/mol. The number of ether oxygens (including phenoxy) is 1. The van der Waals surface area contributed by atoms with E-state index < -0.39 is 0 Å². The summed E-state index contributed by atoms with van der Waals surface area (Å²) in [6.07, 6.45) is 13.0. The van der Waals surface area contributed by atoms with Crippen LogP contribution in [0.25, 0.3) is 10.9 Å². The molecule has 1 aliphatic carbocycles. The van der Waals surface area contributed by atoms with Crippen molar-refractivity contribution >= 4 is 41.5 Å². The fourth-order valence-electron chi connectivity index (χ4n) is 4.28. The Kier molecular flexibility index (Phi) is 4.97. The summed E-state index contributed by atoms with van der Waals surface area (Å²) in [5.41, 5.74) is 1.16. The normalized spacial score (nSPS) is 21.4. The summed E-state index contributed by atoms with van der Waals surface area (Å²) >= 11 is 0.780. The average Bonchev–Trinajstić information content (AvgIpc) is 3.20. The first-order valence-electron chi connectivity index (χ1n) is 10.2. The van der Waals surface area contributed by atoms with Crippen LogP contribution in [-0.4, -0.2) is 37.4 Å². The Morgan fingerprint density at radius 3 is 3.07 bits per heavy atom. The number of para-hydroxylation sites is 1. The second kappa shape index (κ2) is 7.76. The summed E-state index contributed by atoms with van der Waals surface area (Å²) in [7, 11) is 0. The van der Waals surface area contributed by atoms with E-state index >= 15 is 0 Å². The first kappa shape index (κ1) is 18.6. The number of nitrogens with zero attached hydrogens (tertiary/aromatic N) is 3. The Labute approximate surface area is 181 Å². The number of fused-ring (bicyclic) bond motifs is 1. The van der Waals surface area contributed by atoms with E-state index in [0.717, 1.165) is 67.0 Å². The molecule has 29 heavy (non-hydrogen) atoms. The molecule has 2 unspecified atom stereocenters. The maximum atomic E-state index is 5.96. The van der Waals surface area contributed by atoms with Crippen molar-refractivity contribution in [3.63, 3.8) is 0 Å². The molecule has 0 bridgehead atoms. The predicted octanol–water partition coefficient (Wildman–Crippen LogP) is 3.32. The monoisotopic (exact) mass is 443 g/mol. The van der Waals surface area contributed by atoms with Gasteiger partial charge in [-0.2, -0.15) is 0 Å². The molecule has 1 radical (unpaired) electrons. The van der Waals surface area contributed by atoms with Crippen LogP contribution in [-0.2, 0) is 10.3 Å². The number of aliphatic imine (C=N–C) groups is 1. The van der Waals surface area contributed by atoms with Crippen LogP contribution in [0.15, 0.2) is 71.5 Å². The van der Waals surface area contributed by atoms with Gasteiger partial charge in [0.2, 0.25) is 0 Å². The molecule has 2 atom stereocenters. The molecule has 6 heteroatoms. The molecule has 2 aromatic rings. The first-order chi connectivity index (χ1) is 14.3. The third kappa shape index (κ3) is 3.20. The maximum absolute atomic E-state index is 5.96. The Morgan fingerprint density at radius 2 is 2.21 bits per heavy atom. The molecule has 145 valence electrons. The minimum absolute atomic E-state index is 0.0312. The molecule has 0 fully saturated rings. The van der Waals surface area contributed by atoms with Crippen LogP contribution in [0.4, 0.5) is 5.82 Å². The van der Waals surface area contributed by atoms with E-state index in [1.165, 1.54) is 5.39 Å². The number of aromatic nitrogens is 1. The van der Waals surface area contributed by atoms with E-state index in [1.807, 2.05) is 18.2 Å². The van der Waals surface area contributed by atoms with Gasteiger partial charge in [0.15, 0.2) is 0 Å². The molecule has 5 rings (SSSR count). The third-order valence-electron chi connectivity index (χ3n) is 5.78. The van der Waals surface area contributed by atoms with Crippen LogP contribution in [0, 0.1) is 5.92 Å². The van der Waals surface area contributed by atoms with E-state index in [4.69, 9.17) is 13.3 Å². The standard InChI is InChI=1S/C23H23N3O2.Ga.H/c1-2-3-14-25(20-12-10-16-6-4-8-18(27)22(16)24-20)21-13-11-17-7-5-9-19-23(17)26(21)15-28-19;;/h4-13,16,22H,2-3,14-15H2,1H3;;/q;+1;. The van der Waals surface area contributed by atoms with Gasteiger partial charge in [0.25, 0.3) is 0 Å².